The molecule has 1 saturated heterocycles. The van der Waals surface area contributed by atoms with Crippen LogP contribution < -0.4 is 0 Å². The van der Waals surface area contributed by atoms with E-state index in [1.807, 2.05) is 0 Å². The maximum absolute atomic E-state index is 9.39. The summed E-state index contributed by atoms with van der Waals surface area (Å²) in [6, 6.07) is 0. The van der Waals surface area contributed by atoms with Crippen LogP contribution in [-0.4, -0.2) is 42.1 Å². The fourth-order valence-electron chi connectivity index (χ4n) is 3.02. The van der Waals surface area contributed by atoms with Crippen molar-refractivity contribution in [2.75, 3.05) is 26.3 Å². The average Bonchev–Trinajstić information content (AvgIpc) is 2.49. The van der Waals surface area contributed by atoms with Gasteiger partial charge in [0.2, 0.25) is 0 Å². The summed E-state index contributed by atoms with van der Waals surface area (Å²) in [4.78, 5) is 2.32. The van der Waals surface area contributed by atoms with E-state index < -0.39 is 0 Å². The lowest BCUT2D eigenvalue weighted by atomic mass is 10.0. The molecule has 4 nitrogen and oxygen atoms in total. The molecular weight excluding hydrogens is 252 g/mol. The second-order valence-corrected chi connectivity index (χ2v) is 5.75. The lowest BCUT2D eigenvalue weighted by molar-refractivity contribution is 0.0560. The topological polar surface area (TPSA) is 45.1 Å². The number of oxime groups is 1. The summed E-state index contributed by atoms with van der Waals surface area (Å²) in [5.41, 5.74) is 2.02. The molecule has 2 aliphatic rings. The SMILES string of the molecule is ON=C1CCCCCCCCC/C=C\1N1CCOCC1. The summed E-state index contributed by atoms with van der Waals surface area (Å²) >= 11 is 0. The van der Waals surface area contributed by atoms with Crippen LogP contribution in [-0.2, 0) is 4.74 Å². The molecule has 1 aliphatic heterocycles. The standard InChI is InChI=1S/C16H28N2O2/c19-17-15-9-7-5-3-1-2-4-6-8-10-16(15)18-11-13-20-14-12-18/h10,19H,1-9,11-14H2/b16-10+,17-15?. The second kappa shape index (κ2) is 9.01. The van der Waals surface area contributed by atoms with E-state index in [1.54, 1.807) is 0 Å². The summed E-state index contributed by atoms with van der Waals surface area (Å²) in [7, 11) is 0. The smallest absolute Gasteiger partial charge is 0.102 e. The zero-order valence-corrected chi connectivity index (χ0v) is 12.5. The van der Waals surface area contributed by atoms with E-state index in [-0.39, 0.29) is 0 Å². The van der Waals surface area contributed by atoms with Gasteiger partial charge < -0.3 is 14.8 Å². The summed E-state index contributed by atoms with van der Waals surface area (Å²) < 4.78 is 5.43. The number of ether oxygens (including phenoxy) is 1. The molecule has 114 valence electrons. The molecule has 0 radical (unpaired) electrons. The summed E-state index contributed by atoms with van der Waals surface area (Å²) in [5, 5.41) is 13.0. The van der Waals surface area contributed by atoms with Gasteiger partial charge in [0.15, 0.2) is 0 Å². The number of hydrogen-bond acceptors (Lipinski definition) is 4. The third kappa shape index (κ3) is 4.82. The number of morpholine rings is 1. The Balaban J connectivity index is 2.06. The van der Waals surface area contributed by atoms with Crippen LogP contribution in [0.2, 0.25) is 0 Å². The van der Waals surface area contributed by atoms with Crippen molar-refractivity contribution in [1.29, 1.82) is 0 Å². The highest BCUT2D eigenvalue weighted by molar-refractivity contribution is 5.99. The van der Waals surface area contributed by atoms with E-state index in [9.17, 15) is 5.21 Å². The molecule has 0 aromatic carbocycles. The Kier molecular flexibility index (Phi) is 6.92. The largest absolute Gasteiger partial charge is 0.411 e. The van der Waals surface area contributed by atoms with Crippen LogP contribution >= 0.6 is 0 Å². The Morgan fingerprint density at radius 2 is 1.60 bits per heavy atom. The molecule has 2 rings (SSSR count). The van der Waals surface area contributed by atoms with Crippen molar-refractivity contribution in [2.24, 2.45) is 5.16 Å². The van der Waals surface area contributed by atoms with Crippen LogP contribution in [0.1, 0.15) is 57.8 Å². The molecular formula is C16H28N2O2. The van der Waals surface area contributed by atoms with Gasteiger partial charge in [-0.2, -0.15) is 0 Å². The predicted octanol–water partition coefficient (Wildman–Crippen LogP) is 3.56. The minimum Gasteiger partial charge on any atom is -0.411 e. The van der Waals surface area contributed by atoms with Crippen molar-refractivity contribution in [1.82, 2.24) is 4.90 Å². The molecule has 4 heteroatoms. The lowest BCUT2D eigenvalue weighted by Crippen LogP contribution is -2.38. The molecule has 20 heavy (non-hydrogen) atoms. The maximum atomic E-state index is 9.39. The third-order valence-electron chi connectivity index (χ3n) is 4.22. The molecule has 0 aromatic heterocycles. The zero-order chi connectivity index (χ0) is 14.0. The molecule has 1 N–H and O–H groups in total. The summed E-state index contributed by atoms with van der Waals surface area (Å²) in [5.74, 6) is 0. The van der Waals surface area contributed by atoms with Crippen LogP contribution in [0, 0.1) is 0 Å². The van der Waals surface area contributed by atoms with Gasteiger partial charge in [-0.25, -0.2) is 0 Å². The first kappa shape index (κ1) is 15.4. The van der Waals surface area contributed by atoms with Gasteiger partial charge in [0.05, 0.1) is 18.9 Å². The molecule has 1 aliphatic carbocycles. The normalized spacial score (nSPS) is 28.3. The Labute approximate surface area is 122 Å². The molecule has 0 spiro atoms. The minimum atomic E-state index is 0.774. The van der Waals surface area contributed by atoms with Gasteiger partial charge in [0, 0.05) is 13.1 Å². The summed E-state index contributed by atoms with van der Waals surface area (Å²) in [6.07, 6.45) is 13.2. The first-order chi connectivity index (χ1) is 9.92. The van der Waals surface area contributed by atoms with E-state index in [0.717, 1.165) is 57.0 Å². The molecule has 0 bridgehead atoms. The first-order valence-electron chi connectivity index (χ1n) is 8.16. The first-order valence-corrected chi connectivity index (χ1v) is 8.16. The van der Waals surface area contributed by atoms with Crippen molar-refractivity contribution >= 4 is 5.71 Å². The van der Waals surface area contributed by atoms with Crippen LogP contribution in [0.3, 0.4) is 0 Å². The molecule has 0 saturated carbocycles. The lowest BCUT2D eigenvalue weighted by Gasteiger charge is -2.31. The van der Waals surface area contributed by atoms with E-state index >= 15 is 0 Å². The maximum Gasteiger partial charge on any atom is 0.102 e. The van der Waals surface area contributed by atoms with Gasteiger partial charge in [0.25, 0.3) is 0 Å². The van der Waals surface area contributed by atoms with E-state index in [2.05, 4.69) is 16.1 Å². The monoisotopic (exact) mass is 280 g/mol. The molecule has 1 heterocycles. The number of rotatable bonds is 1. The van der Waals surface area contributed by atoms with E-state index in [0.29, 0.717) is 0 Å². The van der Waals surface area contributed by atoms with Crippen molar-refractivity contribution in [3.63, 3.8) is 0 Å². The quantitative estimate of drug-likeness (QED) is 0.590. The van der Waals surface area contributed by atoms with Gasteiger partial charge in [-0.3, -0.25) is 0 Å². The van der Waals surface area contributed by atoms with Gasteiger partial charge >= 0.3 is 0 Å². The van der Waals surface area contributed by atoms with Gasteiger partial charge in [0.1, 0.15) is 5.71 Å². The number of allylic oxidation sites excluding steroid dienone is 2. The van der Waals surface area contributed by atoms with Crippen molar-refractivity contribution in [3.8, 4) is 0 Å². The van der Waals surface area contributed by atoms with E-state index in [4.69, 9.17) is 4.74 Å². The second-order valence-electron chi connectivity index (χ2n) is 5.75. The van der Waals surface area contributed by atoms with Crippen molar-refractivity contribution < 1.29 is 9.94 Å². The van der Waals surface area contributed by atoms with Crippen LogP contribution in [0.4, 0.5) is 0 Å². The highest BCUT2D eigenvalue weighted by atomic mass is 16.5. The minimum absolute atomic E-state index is 0.774. The van der Waals surface area contributed by atoms with Crippen molar-refractivity contribution in [3.05, 3.63) is 11.8 Å². The van der Waals surface area contributed by atoms with Crippen LogP contribution in [0.25, 0.3) is 0 Å². The molecule has 0 aromatic rings. The average molecular weight is 280 g/mol. The zero-order valence-electron chi connectivity index (χ0n) is 12.5. The molecule has 0 unspecified atom stereocenters. The highest BCUT2D eigenvalue weighted by Gasteiger charge is 2.18. The molecule has 1 fully saturated rings. The van der Waals surface area contributed by atoms with Gasteiger partial charge in [-0.15, -0.1) is 0 Å². The number of nitrogens with zero attached hydrogens (tertiary/aromatic N) is 2. The number of hydrogen-bond donors (Lipinski definition) is 1. The van der Waals surface area contributed by atoms with Crippen molar-refractivity contribution in [2.45, 2.75) is 57.8 Å². The van der Waals surface area contributed by atoms with Crippen LogP contribution in [0.5, 0.6) is 0 Å². The Morgan fingerprint density at radius 3 is 2.30 bits per heavy atom. The summed E-state index contributed by atoms with van der Waals surface area (Å²) in [6.45, 7) is 3.36. The highest BCUT2D eigenvalue weighted by Crippen LogP contribution is 2.19. The van der Waals surface area contributed by atoms with Gasteiger partial charge in [-0.1, -0.05) is 43.3 Å². The predicted molar refractivity (Wildman–Crippen MR) is 81.2 cm³/mol. The Bertz CT molecular complexity index is 333. The third-order valence-corrected chi connectivity index (χ3v) is 4.22. The Hall–Kier alpha value is -1.03. The van der Waals surface area contributed by atoms with Crippen LogP contribution in [0.15, 0.2) is 16.9 Å². The fourth-order valence-corrected chi connectivity index (χ4v) is 3.02. The Morgan fingerprint density at radius 1 is 0.950 bits per heavy atom. The van der Waals surface area contributed by atoms with E-state index in [1.165, 1.54) is 38.5 Å². The molecule has 0 atom stereocenters. The fraction of sp³-hybridized carbons (Fsp3) is 0.812. The van der Waals surface area contributed by atoms with Gasteiger partial charge in [-0.05, 0) is 25.7 Å². The molecule has 0 amide bonds.